The minimum atomic E-state index is -0.131. The van der Waals surface area contributed by atoms with E-state index in [1.807, 2.05) is 70.6 Å². The number of aromatic nitrogens is 2. The van der Waals surface area contributed by atoms with Crippen LogP contribution in [-0.4, -0.2) is 20.5 Å². The molecule has 0 spiro atoms. The van der Waals surface area contributed by atoms with E-state index < -0.39 is 0 Å². The van der Waals surface area contributed by atoms with Gasteiger partial charge >= 0.3 is 0 Å². The molecule has 3 aromatic heterocycles. The standard InChI is InChI=1S/C22H20ClN3O2S/c1-15-20(21(24-28-15)18-9-3-4-10-19(18)23)22(27)26(14-17-8-6-12-29-17)13-16-7-5-11-25(16)2/h3-12H,13-14H2,1-2H3. The van der Waals surface area contributed by atoms with E-state index in [0.717, 1.165) is 10.6 Å². The maximum atomic E-state index is 13.7. The summed E-state index contributed by atoms with van der Waals surface area (Å²) < 4.78 is 7.43. The normalized spacial score (nSPS) is 11.0. The van der Waals surface area contributed by atoms with Gasteiger partial charge in [-0.3, -0.25) is 4.79 Å². The first-order valence-corrected chi connectivity index (χ1v) is 10.4. The number of aryl methyl sites for hydroxylation is 2. The smallest absolute Gasteiger partial charge is 0.260 e. The highest BCUT2D eigenvalue weighted by Gasteiger charge is 2.28. The van der Waals surface area contributed by atoms with Gasteiger partial charge in [-0.1, -0.05) is 41.0 Å². The van der Waals surface area contributed by atoms with E-state index in [0.29, 0.717) is 40.7 Å². The van der Waals surface area contributed by atoms with Gasteiger partial charge in [0.05, 0.1) is 18.1 Å². The quantitative estimate of drug-likeness (QED) is 0.407. The zero-order valence-electron chi connectivity index (χ0n) is 16.1. The summed E-state index contributed by atoms with van der Waals surface area (Å²) in [7, 11) is 1.98. The Kier molecular flexibility index (Phi) is 5.56. The number of hydrogen-bond acceptors (Lipinski definition) is 4. The molecule has 0 saturated heterocycles. The lowest BCUT2D eigenvalue weighted by Gasteiger charge is -2.23. The highest BCUT2D eigenvalue weighted by Crippen LogP contribution is 2.32. The highest BCUT2D eigenvalue weighted by molar-refractivity contribution is 7.09. The SMILES string of the molecule is Cc1onc(-c2ccccc2Cl)c1C(=O)N(Cc1cccs1)Cc1cccn1C. The number of rotatable bonds is 6. The van der Waals surface area contributed by atoms with E-state index in [-0.39, 0.29) is 5.91 Å². The van der Waals surface area contributed by atoms with Gasteiger partial charge < -0.3 is 14.0 Å². The molecule has 0 N–H and O–H groups in total. The minimum absolute atomic E-state index is 0.131. The maximum absolute atomic E-state index is 13.7. The first-order valence-electron chi connectivity index (χ1n) is 9.17. The number of halogens is 1. The topological polar surface area (TPSA) is 51.3 Å². The van der Waals surface area contributed by atoms with Crippen molar-refractivity contribution in [1.29, 1.82) is 0 Å². The van der Waals surface area contributed by atoms with E-state index in [1.54, 1.807) is 24.3 Å². The molecule has 0 saturated carbocycles. The van der Waals surface area contributed by atoms with Crippen LogP contribution >= 0.6 is 22.9 Å². The van der Waals surface area contributed by atoms with Gasteiger partial charge in [-0.15, -0.1) is 11.3 Å². The van der Waals surface area contributed by atoms with Crippen LogP contribution in [-0.2, 0) is 20.1 Å². The Balaban J connectivity index is 1.74. The fourth-order valence-corrected chi connectivity index (χ4v) is 4.21. The van der Waals surface area contributed by atoms with Crippen molar-refractivity contribution in [2.45, 2.75) is 20.0 Å². The molecular weight excluding hydrogens is 406 g/mol. The molecule has 0 fully saturated rings. The number of carbonyl (C=O) groups is 1. The van der Waals surface area contributed by atoms with Gasteiger partial charge in [-0.2, -0.15) is 0 Å². The summed E-state index contributed by atoms with van der Waals surface area (Å²) in [6, 6.07) is 15.4. The second-order valence-corrected chi connectivity index (χ2v) is 8.23. The molecule has 0 unspecified atom stereocenters. The Morgan fingerprint density at radius 3 is 2.69 bits per heavy atom. The molecule has 1 aromatic carbocycles. The van der Waals surface area contributed by atoms with Crippen molar-refractivity contribution in [2.24, 2.45) is 7.05 Å². The molecule has 0 bridgehead atoms. The molecule has 5 nitrogen and oxygen atoms in total. The fraction of sp³-hybridized carbons (Fsp3) is 0.182. The Hall–Kier alpha value is -2.83. The second-order valence-electron chi connectivity index (χ2n) is 6.79. The van der Waals surface area contributed by atoms with Gasteiger partial charge in [0.15, 0.2) is 0 Å². The van der Waals surface area contributed by atoms with Crippen LogP contribution in [0, 0.1) is 6.92 Å². The van der Waals surface area contributed by atoms with Crippen molar-refractivity contribution in [1.82, 2.24) is 14.6 Å². The van der Waals surface area contributed by atoms with Crippen LogP contribution in [0.5, 0.6) is 0 Å². The summed E-state index contributed by atoms with van der Waals surface area (Å²) >= 11 is 8.00. The summed E-state index contributed by atoms with van der Waals surface area (Å²) in [6.45, 7) is 2.74. The molecule has 0 aliphatic rings. The summed E-state index contributed by atoms with van der Waals surface area (Å²) in [5.74, 6) is 0.348. The van der Waals surface area contributed by atoms with Gasteiger partial charge in [0.1, 0.15) is 17.0 Å². The summed E-state index contributed by atoms with van der Waals surface area (Å²) in [4.78, 5) is 16.6. The van der Waals surface area contributed by atoms with Crippen molar-refractivity contribution in [2.75, 3.05) is 0 Å². The minimum Gasteiger partial charge on any atom is -0.360 e. The third-order valence-electron chi connectivity index (χ3n) is 4.82. The molecular formula is C22H20ClN3O2S. The molecule has 0 radical (unpaired) electrons. The van der Waals surface area contributed by atoms with Gasteiger partial charge in [0.2, 0.25) is 0 Å². The van der Waals surface area contributed by atoms with Gasteiger partial charge in [-0.05, 0) is 36.6 Å². The van der Waals surface area contributed by atoms with Crippen molar-refractivity contribution >= 4 is 28.8 Å². The summed E-state index contributed by atoms with van der Waals surface area (Å²) in [5, 5.41) is 6.70. The maximum Gasteiger partial charge on any atom is 0.260 e. The molecule has 0 aliphatic heterocycles. The van der Waals surface area contributed by atoms with Crippen LogP contribution < -0.4 is 0 Å². The molecule has 0 aliphatic carbocycles. The van der Waals surface area contributed by atoms with Crippen LogP contribution in [0.1, 0.15) is 26.7 Å². The molecule has 3 heterocycles. The van der Waals surface area contributed by atoms with Gasteiger partial charge in [0.25, 0.3) is 5.91 Å². The largest absolute Gasteiger partial charge is 0.360 e. The zero-order valence-corrected chi connectivity index (χ0v) is 17.7. The Morgan fingerprint density at radius 1 is 1.17 bits per heavy atom. The number of thiophene rings is 1. The van der Waals surface area contributed by atoms with Gasteiger partial charge in [-0.25, -0.2) is 0 Å². The monoisotopic (exact) mass is 425 g/mol. The van der Waals surface area contributed by atoms with Crippen LogP contribution in [0.4, 0.5) is 0 Å². The summed E-state index contributed by atoms with van der Waals surface area (Å²) in [5.41, 5.74) is 2.65. The fourth-order valence-electron chi connectivity index (χ4n) is 3.27. The summed E-state index contributed by atoms with van der Waals surface area (Å²) in [6.07, 6.45) is 1.98. The van der Waals surface area contributed by atoms with Crippen LogP contribution in [0.25, 0.3) is 11.3 Å². The molecule has 7 heteroatoms. The van der Waals surface area contributed by atoms with Crippen molar-refractivity contribution in [3.05, 3.63) is 87.0 Å². The number of benzene rings is 1. The lowest BCUT2D eigenvalue weighted by atomic mass is 10.0. The molecule has 4 aromatic rings. The van der Waals surface area contributed by atoms with Crippen molar-refractivity contribution in [3.8, 4) is 11.3 Å². The third-order valence-corrected chi connectivity index (χ3v) is 6.01. The molecule has 0 atom stereocenters. The predicted molar refractivity (Wildman–Crippen MR) is 115 cm³/mol. The average molecular weight is 426 g/mol. The lowest BCUT2D eigenvalue weighted by molar-refractivity contribution is 0.0727. The number of amides is 1. The Bertz CT molecular complexity index is 1130. The first kappa shape index (κ1) is 19.5. The number of nitrogens with zero attached hydrogens (tertiary/aromatic N) is 3. The van der Waals surface area contributed by atoms with E-state index in [2.05, 4.69) is 5.16 Å². The van der Waals surface area contributed by atoms with Crippen LogP contribution in [0.15, 0.2) is 64.6 Å². The molecule has 4 rings (SSSR count). The van der Waals surface area contributed by atoms with Crippen LogP contribution in [0.3, 0.4) is 0 Å². The third kappa shape index (κ3) is 3.99. The van der Waals surface area contributed by atoms with Crippen molar-refractivity contribution in [3.63, 3.8) is 0 Å². The van der Waals surface area contributed by atoms with E-state index >= 15 is 0 Å². The Morgan fingerprint density at radius 2 is 2.00 bits per heavy atom. The molecule has 1 amide bonds. The number of carbonyl (C=O) groups excluding carboxylic acids is 1. The molecule has 148 valence electrons. The second kappa shape index (κ2) is 8.27. The van der Waals surface area contributed by atoms with E-state index in [9.17, 15) is 4.79 Å². The van der Waals surface area contributed by atoms with Crippen LogP contribution in [0.2, 0.25) is 5.02 Å². The van der Waals surface area contributed by atoms with Gasteiger partial charge in [0, 0.05) is 29.4 Å². The zero-order chi connectivity index (χ0) is 20.4. The predicted octanol–water partition coefficient (Wildman–Crippen LogP) is 5.55. The average Bonchev–Trinajstić information content (AvgIpc) is 3.44. The lowest BCUT2D eigenvalue weighted by Crippen LogP contribution is -2.31. The highest BCUT2D eigenvalue weighted by atomic mass is 35.5. The van der Waals surface area contributed by atoms with E-state index in [4.69, 9.17) is 16.1 Å². The Labute approximate surface area is 178 Å². The van der Waals surface area contributed by atoms with Crippen molar-refractivity contribution < 1.29 is 9.32 Å². The number of hydrogen-bond donors (Lipinski definition) is 0. The molecule has 29 heavy (non-hydrogen) atoms. The van der Waals surface area contributed by atoms with E-state index in [1.165, 1.54) is 0 Å². The first-order chi connectivity index (χ1) is 14.0.